The number of nitrogens with zero attached hydrogens (tertiary/aromatic N) is 2. The molecule has 0 aliphatic rings. The molecular weight excluding hydrogens is 258 g/mol. The molecule has 2 rings (SSSR count). The Morgan fingerprint density at radius 2 is 2.10 bits per heavy atom. The predicted molar refractivity (Wildman–Crippen MR) is 75.2 cm³/mol. The summed E-state index contributed by atoms with van der Waals surface area (Å²) < 4.78 is 11.8. The third kappa shape index (κ3) is 2.32. The van der Waals surface area contributed by atoms with E-state index >= 15 is 0 Å². The summed E-state index contributed by atoms with van der Waals surface area (Å²) in [4.78, 5) is 12.1. The zero-order chi connectivity index (χ0) is 14.7. The SMILES string of the molecule is CCOC(=O)c1c(N)c(C)nn1-c1ccccc1OC. The number of carbonyl (C=O) groups is 1. The van der Waals surface area contributed by atoms with Crippen molar-refractivity contribution < 1.29 is 14.3 Å². The van der Waals surface area contributed by atoms with E-state index in [0.717, 1.165) is 0 Å². The smallest absolute Gasteiger partial charge is 0.359 e. The molecule has 106 valence electrons. The highest BCUT2D eigenvalue weighted by Crippen LogP contribution is 2.27. The number of aryl methyl sites for hydroxylation is 1. The topological polar surface area (TPSA) is 79.4 Å². The Morgan fingerprint density at radius 1 is 1.40 bits per heavy atom. The highest BCUT2D eigenvalue weighted by atomic mass is 16.5. The van der Waals surface area contributed by atoms with Crippen molar-refractivity contribution in [3.8, 4) is 11.4 Å². The first-order valence-corrected chi connectivity index (χ1v) is 6.25. The first kappa shape index (κ1) is 13.9. The van der Waals surface area contributed by atoms with Gasteiger partial charge in [0.1, 0.15) is 11.4 Å². The molecule has 0 amide bonds. The number of nitrogens with two attached hydrogens (primary N) is 1. The molecule has 0 radical (unpaired) electrons. The fraction of sp³-hybridized carbons (Fsp3) is 0.286. The van der Waals surface area contributed by atoms with Crippen molar-refractivity contribution >= 4 is 11.7 Å². The summed E-state index contributed by atoms with van der Waals surface area (Å²) in [5.74, 6) is 0.0945. The Labute approximate surface area is 117 Å². The van der Waals surface area contributed by atoms with E-state index in [4.69, 9.17) is 15.2 Å². The molecule has 1 aromatic carbocycles. The maximum Gasteiger partial charge on any atom is 0.359 e. The lowest BCUT2D eigenvalue weighted by atomic mass is 10.2. The average molecular weight is 275 g/mol. The van der Waals surface area contributed by atoms with Gasteiger partial charge in [0.05, 0.1) is 25.1 Å². The summed E-state index contributed by atoms with van der Waals surface area (Å²) in [5.41, 5.74) is 7.67. The normalized spacial score (nSPS) is 10.3. The average Bonchev–Trinajstić information content (AvgIpc) is 2.75. The van der Waals surface area contributed by atoms with Crippen LogP contribution in [0.15, 0.2) is 24.3 Å². The third-order valence-corrected chi connectivity index (χ3v) is 2.89. The van der Waals surface area contributed by atoms with Crippen LogP contribution < -0.4 is 10.5 Å². The van der Waals surface area contributed by atoms with Crippen molar-refractivity contribution in [3.63, 3.8) is 0 Å². The van der Waals surface area contributed by atoms with Crippen molar-refractivity contribution in [2.24, 2.45) is 0 Å². The number of para-hydroxylation sites is 2. The van der Waals surface area contributed by atoms with Gasteiger partial charge < -0.3 is 15.2 Å². The zero-order valence-corrected chi connectivity index (χ0v) is 11.7. The number of aromatic nitrogens is 2. The minimum absolute atomic E-state index is 0.217. The molecule has 0 bridgehead atoms. The second kappa shape index (κ2) is 5.64. The van der Waals surface area contributed by atoms with Crippen LogP contribution in [0.25, 0.3) is 5.69 Å². The van der Waals surface area contributed by atoms with Gasteiger partial charge in [-0.25, -0.2) is 9.48 Å². The van der Waals surface area contributed by atoms with Crippen LogP contribution in [0.3, 0.4) is 0 Å². The van der Waals surface area contributed by atoms with E-state index in [2.05, 4.69) is 5.10 Å². The van der Waals surface area contributed by atoms with Crippen LogP contribution in [0.5, 0.6) is 5.75 Å². The Morgan fingerprint density at radius 3 is 2.75 bits per heavy atom. The van der Waals surface area contributed by atoms with E-state index in [0.29, 0.717) is 22.8 Å². The number of esters is 1. The number of hydrogen-bond donors (Lipinski definition) is 1. The summed E-state index contributed by atoms with van der Waals surface area (Å²) in [6, 6.07) is 7.26. The van der Waals surface area contributed by atoms with Gasteiger partial charge in [-0.15, -0.1) is 0 Å². The molecule has 2 N–H and O–H groups in total. The second-order valence-electron chi connectivity index (χ2n) is 4.15. The number of anilines is 1. The largest absolute Gasteiger partial charge is 0.494 e. The fourth-order valence-electron chi connectivity index (χ4n) is 1.91. The summed E-state index contributed by atoms with van der Waals surface area (Å²) in [6.45, 7) is 3.75. The summed E-state index contributed by atoms with van der Waals surface area (Å²) >= 11 is 0. The van der Waals surface area contributed by atoms with Gasteiger partial charge in [0.15, 0.2) is 5.69 Å². The van der Waals surface area contributed by atoms with Crippen molar-refractivity contribution in [2.75, 3.05) is 19.5 Å². The number of methoxy groups -OCH3 is 1. The Balaban J connectivity index is 2.62. The molecule has 1 heterocycles. The van der Waals surface area contributed by atoms with Gasteiger partial charge in [0, 0.05) is 0 Å². The fourth-order valence-corrected chi connectivity index (χ4v) is 1.91. The lowest BCUT2D eigenvalue weighted by Crippen LogP contribution is -2.14. The van der Waals surface area contributed by atoms with Crippen LogP contribution in [0.2, 0.25) is 0 Å². The maximum absolute atomic E-state index is 12.1. The summed E-state index contributed by atoms with van der Waals surface area (Å²) in [7, 11) is 1.56. The van der Waals surface area contributed by atoms with E-state index in [9.17, 15) is 4.79 Å². The Hall–Kier alpha value is -2.50. The summed E-state index contributed by atoms with van der Waals surface area (Å²) in [5, 5.41) is 4.30. The van der Waals surface area contributed by atoms with Crippen LogP contribution in [0, 0.1) is 6.92 Å². The van der Waals surface area contributed by atoms with Crippen molar-refractivity contribution in [1.82, 2.24) is 9.78 Å². The highest BCUT2D eigenvalue weighted by molar-refractivity contribution is 5.94. The van der Waals surface area contributed by atoms with Gasteiger partial charge in [0.25, 0.3) is 0 Å². The zero-order valence-electron chi connectivity index (χ0n) is 11.7. The van der Waals surface area contributed by atoms with E-state index in [1.807, 2.05) is 12.1 Å². The molecule has 6 heteroatoms. The number of carbonyl (C=O) groups excluding carboxylic acids is 1. The van der Waals surface area contributed by atoms with E-state index in [1.165, 1.54) is 4.68 Å². The van der Waals surface area contributed by atoms with Crippen molar-refractivity contribution in [1.29, 1.82) is 0 Å². The van der Waals surface area contributed by atoms with Crippen LogP contribution in [0.4, 0.5) is 5.69 Å². The minimum atomic E-state index is -0.503. The molecule has 6 nitrogen and oxygen atoms in total. The Kier molecular flexibility index (Phi) is 3.93. The standard InChI is InChI=1S/C14H17N3O3/c1-4-20-14(18)13-12(15)9(2)16-17(13)10-7-5-6-8-11(10)19-3/h5-8H,4,15H2,1-3H3. The first-order valence-electron chi connectivity index (χ1n) is 6.25. The molecule has 0 unspecified atom stereocenters. The van der Waals surface area contributed by atoms with Gasteiger partial charge in [-0.1, -0.05) is 12.1 Å². The van der Waals surface area contributed by atoms with Crippen LogP contribution >= 0.6 is 0 Å². The van der Waals surface area contributed by atoms with Crippen LogP contribution in [0.1, 0.15) is 23.1 Å². The van der Waals surface area contributed by atoms with Crippen LogP contribution in [-0.2, 0) is 4.74 Å². The highest BCUT2D eigenvalue weighted by Gasteiger charge is 2.23. The molecule has 20 heavy (non-hydrogen) atoms. The van der Waals surface area contributed by atoms with Crippen molar-refractivity contribution in [3.05, 3.63) is 35.7 Å². The van der Waals surface area contributed by atoms with Gasteiger partial charge in [0.2, 0.25) is 0 Å². The molecule has 0 spiro atoms. The predicted octanol–water partition coefficient (Wildman–Crippen LogP) is 1.95. The lowest BCUT2D eigenvalue weighted by Gasteiger charge is -2.11. The molecule has 0 aliphatic carbocycles. The molecule has 0 fully saturated rings. The van der Waals surface area contributed by atoms with Crippen molar-refractivity contribution in [2.45, 2.75) is 13.8 Å². The van der Waals surface area contributed by atoms with Gasteiger partial charge >= 0.3 is 5.97 Å². The third-order valence-electron chi connectivity index (χ3n) is 2.89. The molecule has 0 aliphatic heterocycles. The second-order valence-corrected chi connectivity index (χ2v) is 4.15. The van der Waals surface area contributed by atoms with Crippen LogP contribution in [-0.4, -0.2) is 29.5 Å². The number of rotatable bonds is 4. The number of benzene rings is 1. The van der Waals surface area contributed by atoms with E-state index < -0.39 is 5.97 Å². The molecule has 0 saturated carbocycles. The molecule has 0 saturated heterocycles. The van der Waals surface area contributed by atoms with E-state index in [-0.39, 0.29) is 12.3 Å². The van der Waals surface area contributed by atoms with Gasteiger partial charge in [-0.3, -0.25) is 0 Å². The quantitative estimate of drug-likeness (QED) is 0.863. The van der Waals surface area contributed by atoms with Gasteiger partial charge in [-0.05, 0) is 26.0 Å². The lowest BCUT2D eigenvalue weighted by molar-refractivity contribution is 0.0517. The molecule has 0 atom stereocenters. The van der Waals surface area contributed by atoms with Gasteiger partial charge in [-0.2, -0.15) is 5.10 Å². The molecule has 2 aromatic rings. The first-order chi connectivity index (χ1) is 9.60. The number of nitrogen functional groups attached to an aromatic ring is 1. The number of ether oxygens (including phenoxy) is 2. The molecular formula is C14H17N3O3. The monoisotopic (exact) mass is 275 g/mol. The summed E-state index contributed by atoms with van der Waals surface area (Å²) in [6.07, 6.45) is 0. The maximum atomic E-state index is 12.1. The Bertz CT molecular complexity index is 635. The molecule has 1 aromatic heterocycles. The number of hydrogen-bond acceptors (Lipinski definition) is 5. The van der Waals surface area contributed by atoms with E-state index in [1.54, 1.807) is 33.1 Å². The minimum Gasteiger partial charge on any atom is -0.494 e.